The number of amides is 1. The van der Waals surface area contributed by atoms with Gasteiger partial charge in [-0.2, -0.15) is 0 Å². The van der Waals surface area contributed by atoms with Crippen LogP contribution in [0.3, 0.4) is 0 Å². The van der Waals surface area contributed by atoms with Crippen molar-refractivity contribution in [1.29, 1.82) is 0 Å². The standard InChI is InChI=1S/C25H31NO4/c1-16(29-20-10-9-17-7-5-6-8-18(17)13-20)24(27)26-22-15-25(2,3)30-23-14-19(28-4)11-12-21(22)23/h9-14,16,22H,5-8,15H2,1-4H3,(H,26,27)/t16-,22-/m1/s1. The molecule has 0 saturated carbocycles. The number of carbonyl (C=O) groups is 1. The maximum Gasteiger partial charge on any atom is 0.261 e. The average Bonchev–Trinajstić information content (AvgIpc) is 2.72. The molecule has 0 aromatic heterocycles. The van der Waals surface area contributed by atoms with Crippen LogP contribution in [0.5, 0.6) is 17.2 Å². The number of carbonyl (C=O) groups excluding carboxylic acids is 1. The van der Waals surface area contributed by atoms with Crippen LogP contribution in [0, 0.1) is 0 Å². The summed E-state index contributed by atoms with van der Waals surface area (Å²) in [6.07, 6.45) is 4.79. The summed E-state index contributed by atoms with van der Waals surface area (Å²) in [6.45, 7) is 5.86. The molecule has 1 aliphatic heterocycles. The van der Waals surface area contributed by atoms with E-state index in [1.807, 2.05) is 38.1 Å². The van der Waals surface area contributed by atoms with Gasteiger partial charge in [-0.25, -0.2) is 0 Å². The van der Waals surface area contributed by atoms with Gasteiger partial charge in [0.1, 0.15) is 22.8 Å². The van der Waals surface area contributed by atoms with E-state index < -0.39 is 6.10 Å². The van der Waals surface area contributed by atoms with Crippen molar-refractivity contribution in [2.75, 3.05) is 7.11 Å². The van der Waals surface area contributed by atoms with E-state index in [9.17, 15) is 4.79 Å². The highest BCUT2D eigenvalue weighted by Crippen LogP contribution is 2.41. The second kappa shape index (κ2) is 8.21. The van der Waals surface area contributed by atoms with E-state index in [0.29, 0.717) is 6.42 Å². The summed E-state index contributed by atoms with van der Waals surface area (Å²) in [7, 11) is 1.63. The van der Waals surface area contributed by atoms with Crippen molar-refractivity contribution >= 4 is 5.91 Å². The predicted molar refractivity (Wildman–Crippen MR) is 116 cm³/mol. The average molecular weight is 410 g/mol. The predicted octanol–water partition coefficient (Wildman–Crippen LogP) is 4.76. The molecule has 2 aromatic carbocycles. The first kappa shape index (κ1) is 20.6. The monoisotopic (exact) mass is 409 g/mol. The van der Waals surface area contributed by atoms with Crippen LogP contribution in [0.2, 0.25) is 0 Å². The quantitative estimate of drug-likeness (QED) is 0.774. The molecule has 30 heavy (non-hydrogen) atoms. The second-order valence-electron chi connectivity index (χ2n) is 8.93. The number of fused-ring (bicyclic) bond motifs is 2. The third kappa shape index (κ3) is 4.40. The van der Waals surface area contributed by atoms with Crippen molar-refractivity contribution in [1.82, 2.24) is 5.32 Å². The van der Waals surface area contributed by atoms with Gasteiger partial charge in [0.2, 0.25) is 0 Å². The van der Waals surface area contributed by atoms with E-state index in [1.165, 1.54) is 24.0 Å². The number of nitrogens with one attached hydrogen (secondary N) is 1. The molecular weight excluding hydrogens is 378 g/mol. The van der Waals surface area contributed by atoms with Crippen LogP contribution in [-0.4, -0.2) is 24.7 Å². The summed E-state index contributed by atoms with van der Waals surface area (Å²) >= 11 is 0. The van der Waals surface area contributed by atoms with Gasteiger partial charge in [0.15, 0.2) is 6.10 Å². The smallest absolute Gasteiger partial charge is 0.261 e. The minimum atomic E-state index is -0.584. The Kier molecular flexibility index (Phi) is 5.63. The fourth-order valence-electron chi connectivity index (χ4n) is 4.42. The van der Waals surface area contributed by atoms with E-state index in [-0.39, 0.29) is 17.6 Å². The summed E-state index contributed by atoms with van der Waals surface area (Å²) in [5.41, 5.74) is 3.33. The zero-order chi connectivity index (χ0) is 21.3. The highest BCUT2D eigenvalue weighted by molar-refractivity contribution is 5.81. The molecule has 0 unspecified atom stereocenters. The number of hydrogen-bond acceptors (Lipinski definition) is 4. The molecule has 2 aliphatic rings. The molecule has 0 bridgehead atoms. The lowest BCUT2D eigenvalue weighted by molar-refractivity contribution is -0.128. The van der Waals surface area contributed by atoms with Crippen LogP contribution >= 0.6 is 0 Å². The molecule has 1 amide bonds. The molecule has 5 nitrogen and oxygen atoms in total. The minimum absolute atomic E-state index is 0.128. The highest BCUT2D eigenvalue weighted by atomic mass is 16.5. The van der Waals surface area contributed by atoms with Crippen LogP contribution in [0.1, 0.15) is 62.8 Å². The van der Waals surface area contributed by atoms with Crippen molar-refractivity contribution in [2.24, 2.45) is 0 Å². The molecule has 5 heteroatoms. The zero-order valence-electron chi connectivity index (χ0n) is 18.3. The van der Waals surface area contributed by atoms with Gasteiger partial charge < -0.3 is 19.5 Å². The number of benzene rings is 2. The summed E-state index contributed by atoms with van der Waals surface area (Å²) in [6, 6.07) is 11.8. The number of methoxy groups -OCH3 is 1. The summed E-state index contributed by atoms with van der Waals surface area (Å²) in [4.78, 5) is 12.9. The van der Waals surface area contributed by atoms with Gasteiger partial charge in [-0.3, -0.25) is 4.79 Å². The van der Waals surface area contributed by atoms with E-state index >= 15 is 0 Å². The summed E-state index contributed by atoms with van der Waals surface area (Å²) in [5.74, 6) is 2.12. The lowest BCUT2D eigenvalue weighted by Crippen LogP contribution is -2.44. The molecule has 4 rings (SSSR count). The second-order valence-corrected chi connectivity index (χ2v) is 8.93. The first-order valence-corrected chi connectivity index (χ1v) is 10.8. The Morgan fingerprint density at radius 1 is 1.10 bits per heavy atom. The number of rotatable bonds is 5. The van der Waals surface area contributed by atoms with E-state index in [1.54, 1.807) is 14.0 Å². The SMILES string of the molecule is COc1ccc2c(c1)OC(C)(C)C[C@H]2NC(=O)[C@@H](C)Oc1ccc2c(c1)CCCC2. The first-order valence-electron chi connectivity index (χ1n) is 10.8. The van der Waals surface area contributed by atoms with Gasteiger partial charge in [0.25, 0.3) is 5.91 Å². The largest absolute Gasteiger partial charge is 0.497 e. The van der Waals surface area contributed by atoms with Crippen LogP contribution in [-0.2, 0) is 17.6 Å². The van der Waals surface area contributed by atoms with E-state index in [2.05, 4.69) is 17.4 Å². The minimum Gasteiger partial charge on any atom is -0.497 e. The molecule has 2 aromatic rings. The fraction of sp³-hybridized carbons (Fsp3) is 0.480. The fourth-order valence-corrected chi connectivity index (χ4v) is 4.42. The topological polar surface area (TPSA) is 56.8 Å². The molecule has 0 spiro atoms. The molecule has 1 heterocycles. The van der Waals surface area contributed by atoms with Crippen LogP contribution in [0.4, 0.5) is 0 Å². The summed E-state index contributed by atoms with van der Waals surface area (Å²) in [5, 5.41) is 3.17. The Hall–Kier alpha value is -2.69. The lowest BCUT2D eigenvalue weighted by atomic mass is 9.89. The van der Waals surface area contributed by atoms with Gasteiger partial charge in [-0.1, -0.05) is 6.07 Å². The Bertz CT molecular complexity index is 937. The van der Waals surface area contributed by atoms with Crippen molar-refractivity contribution in [3.63, 3.8) is 0 Å². The van der Waals surface area contributed by atoms with Gasteiger partial charge in [0.05, 0.1) is 13.2 Å². The van der Waals surface area contributed by atoms with Gasteiger partial charge in [-0.15, -0.1) is 0 Å². The highest BCUT2D eigenvalue weighted by Gasteiger charge is 2.35. The van der Waals surface area contributed by atoms with E-state index in [4.69, 9.17) is 14.2 Å². The third-order valence-corrected chi connectivity index (χ3v) is 6.00. The van der Waals surface area contributed by atoms with Crippen molar-refractivity contribution in [2.45, 2.75) is 70.6 Å². The lowest BCUT2D eigenvalue weighted by Gasteiger charge is -2.38. The number of aryl methyl sites for hydroxylation is 2. The molecule has 1 aliphatic carbocycles. The van der Waals surface area contributed by atoms with E-state index in [0.717, 1.165) is 35.7 Å². The molecule has 160 valence electrons. The van der Waals surface area contributed by atoms with Crippen molar-refractivity contribution in [3.8, 4) is 17.2 Å². The number of ether oxygens (including phenoxy) is 3. The Balaban J connectivity index is 1.46. The maximum atomic E-state index is 12.9. The first-order chi connectivity index (χ1) is 14.3. The summed E-state index contributed by atoms with van der Waals surface area (Å²) < 4.78 is 17.4. The molecule has 0 saturated heterocycles. The molecule has 1 N–H and O–H groups in total. The Morgan fingerprint density at radius 2 is 1.83 bits per heavy atom. The molecular formula is C25H31NO4. The van der Waals surface area contributed by atoms with Gasteiger partial charge in [0, 0.05) is 18.1 Å². The van der Waals surface area contributed by atoms with Crippen molar-refractivity contribution < 1.29 is 19.0 Å². The van der Waals surface area contributed by atoms with Crippen molar-refractivity contribution in [3.05, 3.63) is 53.1 Å². The normalized spacial score (nSPS) is 20.2. The third-order valence-electron chi connectivity index (χ3n) is 6.00. The molecule has 2 atom stereocenters. The zero-order valence-corrected chi connectivity index (χ0v) is 18.3. The van der Waals surface area contributed by atoms with Crippen LogP contribution in [0.15, 0.2) is 36.4 Å². The number of hydrogen-bond donors (Lipinski definition) is 1. The van der Waals surface area contributed by atoms with Gasteiger partial charge >= 0.3 is 0 Å². The van der Waals surface area contributed by atoms with Gasteiger partial charge in [-0.05, 0) is 81.8 Å². The van der Waals surface area contributed by atoms with Crippen LogP contribution < -0.4 is 19.5 Å². The maximum absolute atomic E-state index is 12.9. The van der Waals surface area contributed by atoms with Crippen LogP contribution in [0.25, 0.3) is 0 Å². The molecule has 0 fully saturated rings. The Labute approximate surface area is 178 Å². The Morgan fingerprint density at radius 3 is 2.60 bits per heavy atom. The molecule has 0 radical (unpaired) electrons.